The number of carbonyl (C=O) groups excluding carboxylic acids is 1. The molecule has 5 heteroatoms. The van der Waals surface area contributed by atoms with Crippen LogP contribution in [0.4, 0.5) is 0 Å². The molecule has 2 aliphatic heterocycles. The quantitative estimate of drug-likeness (QED) is 0.324. The summed E-state index contributed by atoms with van der Waals surface area (Å²) in [5.74, 6) is -0.102. The molecule has 0 amide bonds. The van der Waals surface area contributed by atoms with Crippen molar-refractivity contribution in [3.63, 3.8) is 0 Å². The molecule has 160 valence electrons. The Morgan fingerprint density at radius 1 is 1.24 bits per heavy atom. The second-order valence-corrected chi connectivity index (χ2v) is 10.3. The van der Waals surface area contributed by atoms with Crippen LogP contribution < -0.4 is 0 Å². The van der Waals surface area contributed by atoms with Crippen LogP contribution in [0.2, 0.25) is 0 Å². The highest BCUT2D eigenvalue weighted by Crippen LogP contribution is 2.34. The van der Waals surface area contributed by atoms with Crippen LogP contribution in [0.5, 0.6) is 0 Å². The van der Waals surface area contributed by atoms with E-state index in [9.17, 15) is 4.79 Å². The average Bonchev–Trinajstić information content (AvgIpc) is 3.27. The zero-order chi connectivity index (χ0) is 20.9. The van der Waals surface area contributed by atoms with Gasteiger partial charge in [-0.3, -0.25) is 4.79 Å². The van der Waals surface area contributed by atoms with Crippen LogP contribution >= 0.6 is 11.3 Å². The van der Waals surface area contributed by atoms with Crippen molar-refractivity contribution >= 4 is 23.4 Å². The molecule has 0 N–H and O–H groups in total. The lowest BCUT2D eigenvalue weighted by Crippen LogP contribution is -2.23. The SMILES string of the molecule is C/C(=C\c1csc(C)n1)[C@@H]1CC2OC2C/C=C\CCCCC(C)(C)CCC(=O)O1. The van der Waals surface area contributed by atoms with E-state index in [1.54, 1.807) is 11.3 Å². The number of fused-ring (bicyclic) bond motifs is 1. The van der Waals surface area contributed by atoms with Gasteiger partial charge in [0.15, 0.2) is 0 Å². The number of aromatic nitrogens is 1. The predicted molar refractivity (Wildman–Crippen MR) is 119 cm³/mol. The molecule has 0 aliphatic carbocycles. The summed E-state index contributed by atoms with van der Waals surface area (Å²) in [6.07, 6.45) is 14.5. The average molecular weight is 418 g/mol. The molecule has 0 radical (unpaired) electrons. The first-order valence-electron chi connectivity index (χ1n) is 10.9. The maximum Gasteiger partial charge on any atom is 0.306 e. The monoisotopic (exact) mass is 417 g/mol. The van der Waals surface area contributed by atoms with Gasteiger partial charge in [0.25, 0.3) is 0 Å². The summed E-state index contributed by atoms with van der Waals surface area (Å²) in [7, 11) is 0. The van der Waals surface area contributed by atoms with Crippen molar-refractivity contribution in [2.45, 2.75) is 97.4 Å². The molecule has 0 saturated carbocycles. The van der Waals surface area contributed by atoms with Gasteiger partial charge >= 0.3 is 5.97 Å². The third-order valence-electron chi connectivity index (χ3n) is 5.94. The Bertz CT molecular complexity index is 749. The van der Waals surface area contributed by atoms with E-state index < -0.39 is 0 Å². The molecule has 3 rings (SSSR count). The molecule has 3 heterocycles. The fourth-order valence-corrected chi connectivity index (χ4v) is 4.47. The second-order valence-electron chi connectivity index (χ2n) is 9.22. The highest BCUT2D eigenvalue weighted by molar-refractivity contribution is 7.09. The van der Waals surface area contributed by atoms with Gasteiger partial charge < -0.3 is 9.47 Å². The molecule has 1 saturated heterocycles. The Morgan fingerprint density at radius 2 is 2.07 bits per heavy atom. The van der Waals surface area contributed by atoms with Crippen LogP contribution in [0.25, 0.3) is 6.08 Å². The van der Waals surface area contributed by atoms with Gasteiger partial charge in [0.1, 0.15) is 6.10 Å². The molecular weight excluding hydrogens is 382 g/mol. The number of allylic oxidation sites excluding steroid dienone is 1. The van der Waals surface area contributed by atoms with E-state index in [0.29, 0.717) is 6.42 Å². The van der Waals surface area contributed by atoms with Crippen molar-refractivity contribution in [1.29, 1.82) is 0 Å². The normalized spacial score (nSPS) is 30.3. The Labute approximate surface area is 179 Å². The van der Waals surface area contributed by atoms with Crippen LogP contribution in [-0.2, 0) is 14.3 Å². The first kappa shape index (κ1) is 22.2. The molecule has 0 spiro atoms. The van der Waals surface area contributed by atoms with E-state index in [2.05, 4.69) is 31.0 Å². The van der Waals surface area contributed by atoms with E-state index in [1.165, 1.54) is 12.8 Å². The van der Waals surface area contributed by atoms with Crippen LogP contribution in [0, 0.1) is 12.3 Å². The van der Waals surface area contributed by atoms with Crippen molar-refractivity contribution in [2.75, 3.05) is 0 Å². The molecular formula is C24H35NO3S. The lowest BCUT2D eigenvalue weighted by molar-refractivity contribution is -0.148. The van der Waals surface area contributed by atoms with Gasteiger partial charge in [-0.25, -0.2) is 4.98 Å². The highest BCUT2D eigenvalue weighted by atomic mass is 32.1. The minimum atomic E-state index is -0.250. The number of hydrogen-bond donors (Lipinski definition) is 0. The molecule has 4 nitrogen and oxygen atoms in total. The number of epoxide rings is 1. The molecule has 2 aliphatic rings. The van der Waals surface area contributed by atoms with Gasteiger partial charge in [-0.15, -0.1) is 11.3 Å². The third kappa shape index (κ3) is 7.38. The number of rotatable bonds is 2. The number of nitrogens with zero attached hydrogens (tertiary/aromatic N) is 1. The van der Waals surface area contributed by atoms with Crippen molar-refractivity contribution < 1.29 is 14.3 Å². The van der Waals surface area contributed by atoms with Crippen LogP contribution in [0.1, 0.15) is 82.8 Å². The van der Waals surface area contributed by atoms with E-state index in [0.717, 1.165) is 48.4 Å². The van der Waals surface area contributed by atoms with Crippen molar-refractivity contribution in [2.24, 2.45) is 5.41 Å². The summed E-state index contributed by atoms with van der Waals surface area (Å²) in [4.78, 5) is 17.2. The number of hydrogen-bond acceptors (Lipinski definition) is 5. The first-order chi connectivity index (χ1) is 13.8. The second kappa shape index (κ2) is 10.0. The summed E-state index contributed by atoms with van der Waals surface area (Å²) in [6.45, 7) is 8.55. The maximum atomic E-state index is 12.6. The molecule has 0 bridgehead atoms. The van der Waals surface area contributed by atoms with Crippen LogP contribution in [0.15, 0.2) is 23.1 Å². The summed E-state index contributed by atoms with van der Waals surface area (Å²) in [6, 6.07) is 0. The van der Waals surface area contributed by atoms with Gasteiger partial charge in [-0.05, 0) is 63.0 Å². The van der Waals surface area contributed by atoms with E-state index in [1.807, 2.05) is 25.3 Å². The molecule has 29 heavy (non-hydrogen) atoms. The predicted octanol–water partition coefficient (Wildman–Crippen LogP) is 6.25. The lowest BCUT2D eigenvalue weighted by atomic mass is 9.82. The lowest BCUT2D eigenvalue weighted by Gasteiger charge is -2.25. The Morgan fingerprint density at radius 3 is 2.83 bits per heavy atom. The number of ether oxygens (including phenoxy) is 2. The summed E-state index contributed by atoms with van der Waals surface area (Å²) in [5.41, 5.74) is 2.14. The topological polar surface area (TPSA) is 51.7 Å². The Hall–Kier alpha value is -1.46. The van der Waals surface area contributed by atoms with Gasteiger partial charge in [-0.1, -0.05) is 32.4 Å². The number of thiazole rings is 1. The summed E-state index contributed by atoms with van der Waals surface area (Å²) >= 11 is 1.63. The minimum absolute atomic E-state index is 0.102. The molecule has 1 aromatic rings. The Kier molecular flexibility index (Phi) is 7.69. The largest absolute Gasteiger partial charge is 0.458 e. The number of cyclic esters (lactones) is 1. The van der Waals surface area contributed by atoms with Crippen LogP contribution in [-0.4, -0.2) is 29.3 Å². The summed E-state index contributed by atoms with van der Waals surface area (Å²) in [5, 5.41) is 3.08. The zero-order valence-electron chi connectivity index (χ0n) is 18.3. The molecule has 1 fully saturated rings. The zero-order valence-corrected chi connectivity index (χ0v) is 19.1. The highest BCUT2D eigenvalue weighted by Gasteiger charge is 2.40. The Balaban J connectivity index is 1.70. The summed E-state index contributed by atoms with van der Waals surface area (Å²) < 4.78 is 11.8. The van der Waals surface area contributed by atoms with E-state index >= 15 is 0 Å². The minimum Gasteiger partial charge on any atom is -0.458 e. The van der Waals surface area contributed by atoms with Crippen LogP contribution in [0.3, 0.4) is 0 Å². The molecule has 2 unspecified atom stereocenters. The van der Waals surface area contributed by atoms with Gasteiger partial charge in [0.05, 0.1) is 22.9 Å². The van der Waals surface area contributed by atoms with Gasteiger partial charge in [0, 0.05) is 18.2 Å². The first-order valence-corrected chi connectivity index (χ1v) is 11.8. The molecule has 3 atom stereocenters. The smallest absolute Gasteiger partial charge is 0.306 e. The number of esters is 1. The molecule has 0 aromatic carbocycles. The van der Waals surface area contributed by atoms with E-state index in [4.69, 9.17) is 9.47 Å². The fraction of sp³-hybridized carbons (Fsp3) is 0.667. The number of aryl methyl sites for hydroxylation is 1. The molecule has 1 aromatic heterocycles. The maximum absolute atomic E-state index is 12.6. The standard InChI is InChI=1S/C24H35NO3S/c1-17(14-19-16-29-18(2)25-19)21-15-22-20(27-22)10-8-6-5-7-9-12-24(3,4)13-11-23(26)28-21/h6,8,14,16,20-22H,5,7,9-13,15H2,1-4H3/b8-6-,17-14+/t20?,21-,22?/m0/s1. The van der Waals surface area contributed by atoms with E-state index in [-0.39, 0.29) is 29.7 Å². The fourth-order valence-electron chi connectivity index (χ4n) is 3.90. The van der Waals surface area contributed by atoms with Gasteiger partial charge in [0.2, 0.25) is 0 Å². The number of carbonyl (C=O) groups is 1. The van der Waals surface area contributed by atoms with Crippen molar-refractivity contribution in [3.05, 3.63) is 33.8 Å². The van der Waals surface area contributed by atoms with Crippen molar-refractivity contribution in [1.82, 2.24) is 4.98 Å². The third-order valence-corrected chi connectivity index (χ3v) is 6.73. The van der Waals surface area contributed by atoms with Crippen molar-refractivity contribution in [3.8, 4) is 0 Å². The van der Waals surface area contributed by atoms with Gasteiger partial charge in [-0.2, -0.15) is 0 Å².